The van der Waals surface area contributed by atoms with Gasteiger partial charge in [-0.3, -0.25) is 14.9 Å². The first-order valence-electron chi connectivity index (χ1n) is 12.7. The second-order valence-electron chi connectivity index (χ2n) is 9.37. The Labute approximate surface area is 223 Å². The molecular weight excluding hydrogens is 501 g/mol. The number of hydrogen-bond donors (Lipinski definition) is 2. The number of rotatable bonds is 7. The van der Waals surface area contributed by atoms with E-state index in [9.17, 15) is 14.0 Å². The Hall–Kier alpha value is -4.87. The molecule has 12 heteroatoms. The summed E-state index contributed by atoms with van der Waals surface area (Å²) >= 11 is 0. The van der Waals surface area contributed by atoms with Gasteiger partial charge in [-0.05, 0) is 42.3 Å². The van der Waals surface area contributed by atoms with Crippen molar-refractivity contribution in [2.45, 2.75) is 12.8 Å². The molecule has 2 aliphatic heterocycles. The summed E-state index contributed by atoms with van der Waals surface area (Å²) in [6, 6.07) is 12.4. The number of fused-ring (bicyclic) bond motifs is 1. The van der Waals surface area contributed by atoms with Gasteiger partial charge in [0.1, 0.15) is 11.6 Å². The van der Waals surface area contributed by atoms with Crippen LogP contribution < -0.4 is 20.4 Å². The number of hydrogen-bond acceptors (Lipinski definition) is 9. The third kappa shape index (κ3) is 5.26. The molecule has 0 radical (unpaired) electrons. The van der Waals surface area contributed by atoms with E-state index in [2.05, 4.69) is 30.5 Å². The van der Waals surface area contributed by atoms with Crippen molar-refractivity contribution < 1.29 is 14.0 Å². The molecule has 0 saturated carbocycles. The highest BCUT2D eigenvalue weighted by Gasteiger charge is 2.26. The first-order valence-corrected chi connectivity index (χ1v) is 12.7. The van der Waals surface area contributed by atoms with E-state index in [1.165, 1.54) is 12.1 Å². The van der Waals surface area contributed by atoms with E-state index in [4.69, 9.17) is 9.97 Å². The summed E-state index contributed by atoms with van der Waals surface area (Å²) < 4.78 is 15.2. The van der Waals surface area contributed by atoms with Crippen molar-refractivity contribution in [3.8, 4) is 0 Å². The highest BCUT2D eigenvalue weighted by atomic mass is 19.1. The molecule has 3 aromatic heterocycles. The molecule has 39 heavy (non-hydrogen) atoms. The van der Waals surface area contributed by atoms with Gasteiger partial charge in [-0.1, -0.05) is 18.2 Å². The van der Waals surface area contributed by atoms with Crippen molar-refractivity contribution in [1.82, 2.24) is 29.9 Å². The fraction of sp³-hybridized carbons (Fsp3) is 0.259. The molecule has 5 heterocycles. The summed E-state index contributed by atoms with van der Waals surface area (Å²) in [5.41, 5.74) is 2.35. The van der Waals surface area contributed by atoms with Crippen molar-refractivity contribution in [2.24, 2.45) is 0 Å². The van der Waals surface area contributed by atoms with Crippen LogP contribution in [0.1, 0.15) is 17.5 Å². The lowest BCUT2D eigenvalue weighted by atomic mass is 10.1. The largest absolute Gasteiger partial charge is 0.354 e. The van der Waals surface area contributed by atoms with Gasteiger partial charge in [0, 0.05) is 50.1 Å². The number of halogens is 1. The van der Waals surface area contributed by atoms with Crippen LogP contribution in [-0.4, -0.2) is 69.1 Å². The van der Waals surface area contributed by atoms with Crippen molar-refractivity contribution in [3.05, 3.63) is 77.4 Å². The number of aromatic nitrogens is 5. The van der Waals surface area contributed by atoms with Gasteiger partial charge in [-0.15, -0.1) is 0 Å². The van der Waals surface area contributed by atoms with E-state index < -0.39 is 5.91 Å². The van der Waals surface area contributed by atoms with Gasteiger partial charge in [-0.2, -0.15) is 19.6 Å². The van der Waals surface area contributed by atoms with Crippen LogP contribution in [-0.2, 0) is 16.0 Å². The predicted octanol–water partition coefficient (Wildman–Crippen LogP) is 2.07. The zero-order valence-electron chi connectivity index (χ0n) is 21.0. The maximum Gasteiger partial charge on any atom is 0.254 e. The number of pyridine rings is 1. The second-order valence-corrected chi connectivity index (χ2v) is 9.37. The SMILES string of the molecule is O=C1C/C(=C\c2cnn3c(NCCc4cccc(F)c4)nc(N4CCN(c5ccccn5)CC4)nc23)C(=O)N1. The maximum atomic E-state index is 13.6. The van der Waals surface area contributed by atoms with Crippen molar-refractivity contribution in [1.29, 1.82) is 0 Å². The molecule has 0 spiro atoms. The van der Waals surface area contributed by atoms with Crippen LogP contribution in [0.3, 0.4) is 0 Å². The fourth-order valence-corrected chi connectivity index (χ4v) is 4.74. The molecule has 4 aromatic rings. The first-order chi connectivity index (χ1) is 19.0. The lowest BCUT2D eigenvalue weighted by Gasteiger charge is -2.35. The van der Waals surface area contributed by atoms with Crippen molar-refractivity contribution >= 4 is 41.3 Å². The Bertz CT molecular complexity index is 1560. The Balaban J connectivity index is 1.28. The predicted molar refractivity (Wildman–Crippen MR) is 144 cm³/mol. The number of carbonyl (C=O) groups excluding carboxylic acids is 2. The molecule has 2 aliphatic rings. The van der Waals surface area contributed by atoms with E-state index in [0.717, 1.165) is 24.5 Å². The molecule has 198 valence electrons. The molecule has 1 aromatic carbocycles. The quantitative estimate of drug-likeness (QED) is 0.275. The molecule has 0 aliphatic carbocycles. The van der Waals surface area contributed by atoms with Gasteiger partial charge >= 0.3 is 0 Å². The summed E-state index contributed by atoms with van der Waals surface area (Å²) in [7, 11) is 0. The number of imide groups is 1. The topological polar surface area (TPSA) is 121 Å². The number of piperazine rings is 1. The maximum absolute atomic E-state index is 13.6. The lowest BCUT2D eigenvalue weighted by molar-refractivity contribution is -0.124. The minimum absolute atomic E-state index is 0.0162. The summed E-state index contributed by atoms with van der Waals surface area (Å²) in [6.45, 7) is 3.39. The molecule has 11 nitrogen and oxygen atoms in total. The number of nitrogens with zero attached hydrogens (tertiary/aromatic N) is 7. The van der Waals surface area contributed by atoms with Crippen LogP contribution in [0.15, 0.2) is 60.4 Å². The zero-order chi connectivity index (χ0) is 26.8. The van der Waals surface area contributed by atoms with Gasteiger partial charge in [0.15, 0.2) is 5.65 Å². The van der Waals surface area contributed by atoms with E-state index in [1.54, 1.807) is 29.1 Å². The van der Waals surface area contributed by atoms with E-state index in [-0.39, 0.29) is 18.1 Å². The number of benzene rings is 1. The molecular formula is C27H26FN9O2. The monoisotopic (exact) mass is 527 g/mol. The molecule has 2 N–H and O–H groups in total. The van der Waals surface area contributed by atoms with E-state index >= 15 is 0 Å². The van der Waals surface area contributed by atoms with E-state index in [0.29, 0.717) is 54.7 Å². The standard InChI is InChI=1S/C27H26FN9O2/c28-21-5-3-4-18(14-21)7-9-30-26-34-27(36-12-10-35(11-13-36)22-6-1-2-8-29-22)33-24-20(17-31-37(24)26)15-19-16-23(38)32-25(19)39/h1-6,8,14-15,17H,7,9-13,16H2,(H,30,33,34)(H,32,38,39)/b19-15+. The minimum atomic E-state index is -0.410. The van der Waals surface area contributed by atoms with Gasteiger partial charge in [0.05, 0.1) is 12.6 Å². The molecule has 2 fully saturated rings. The van der Waals surface area contributed by atoms with Gasteiger partial charge < -0.3 is 15.1 Å². The number of anilines is 3. The Morgan fingerprint density at radius 2 is 1.87 bits per heavy atom. The number of carbonyl (C=O) groups is 2. The molecule has 0 bridgehead atoms. The Morgan fingerprint density at radius 1 is 1.03 bits per heavy atom. The van der Waals surface area contributed by atoms with Gasteiger partial charge in [0.25, 0.3) is 5.91 Å². The third-order valence-corrected chi connectivity index (χ3v) is 6.73. The third-order valence-electron chi connectivity index (χ3n) is 6.73. The van der Waals surface area contributed by atoms with Crippen molar-refractivity contribution in [2.75, 3.05) is 47.8 Å². The fourth-order valence-electron chi connectivity index (χ4n) is 4.74. The molecule has 0 atom stereocenters. The van der Waals surface area contributed by atoms with Crippen LogP contribution >= 0.6 is 0 Å². The van der Waals surface area contributed by atoms with Crippen LogP contribution in [0.4, 0.5) is 22.1 Å². The Kier molecular flexibility index (Phi) is 6.57. The van der Waals surface area contributed by atoms with Crippen LogP contribution in [0.5, 0.6) is 0 Å². The summed E-state index contributed by atoms with van der Waals surface area (Å²) in [5, 5.41) is 10.1. The van der Waals surface area contributed by atoms with Crippen LogP contribution in [0.25, 0.3) is 11.7 Å². The summed E-state index contributed by atoms with van der Waals surface area (Å²) in [5.74, 6) is 0.931. The normalized spacial score (nSPS) is 16.8. The highest BCUT2D eigenvalue weighted by molar-refractivity contribution is 6.15. The first kappa shape index (κ1) is 24.5. The molecule has 2 amide bonds. The zero-order valence-corrected chi connectivity index (χ0v) is 21.0. The number of nitrogens with one attached hydrogen (secondary N) is 2. The van der Waals surface area contributed by atoms with Crippen molar-refractivity contribution in [3.63, 3.8) is 0 Å². The smallest absolute Gasteiger partial charge is 0.254 e. The van der Waals surface area contributed by atoms with E-state index in [1.807, 2.05) is 24.3 Å². The minimum Gasteiger partial charge on any atom is -0.354 e. The lowest BCUT2D eigenvalue weighted by Crippen LogP contribution is -2.47. The van der Waals surface area contributed by atoms with Gasteiger partial charge in [-0.25, -0.2) is 9.37 Å². The number of amides is 2. The van der Waals surface area contributed by atoms with Crippen LogP contribution in [0.2, 0.25) is 0 Å². The average molecular weight is 528 g/mol. The summed E-state index contributed by atoms with van der Waals surface area (Å²) in [4.78, 5) is 42.2. The van der Waals surface area contributed by atoms with Gasteiger partial charge in [0.2, 0.25) is 17.8 Å². The van der Waals surface area contributed by atoms with Crippen LogP contribution in [0, 0.1) is 5.82 Å². The molecule has 0 unspecified atom stereocenters. The molecule has 2 saturated heterocycles. The summed E-state index contributed by atoms with van der Waals surface area (Å²) in [6.07, 6.45) is 5.64. The highest BCUT2D eigenvalue weighted by Crippen LogP contribution is 2.23. The average Bonchev–Trinajstić information content (AvgIpc) is 3.50. The molecule has 6 rings (SSSR count). The Morgan fingerprint density at radius 3 is 2.62 bits per heavy atom. The second kappa shape index (κ2) is 10.5.